The monoisotopic (exact) mass is 350 g/mol. The molecule has 2 aliphatic rings. The lowest BCUT2D eigenvalue weighted by atomic mass is 9.77. The molecule has 1 spiro atoms. The lowest BCUT2D eigenvalue weighted by molar-refractivity contribution is -0.119. The van der Waals surface area contributed by atoms with Crippen molar-refractivity contribution in [3.8, 4) is 0 Å². The first kappa shape index (κ1) is 15.7. The van der Waals surface area contributed by atoms with Crippen LogP contribution in [0.25, 0.3) is 11.0 Å². The molecule has 1 amide bonds. The molecule has 1 unspecified atom stereocenters. The fourth-order valence-electron chi connectivity index (χ4n) is 4.41. The fourth-order valence-corrected chi connectivity index (χ4v) is 4.54. The third-order valence-corrected chi connectivity index (χ3v) is 5.70. The Hall–Kier alpha value is -1.86. The van der Waals surface area contributed by atoms with Crippen LogP contribution in [-0.2, 0) is 5.54 Å². The molecule has 1 aliphatic heterocycles. The molecule has 4 rings (SSSR count). The third kappa shape index (κ3) is 1.97. The summed E-state index contributed by atoms with van der Waals surface area (Å²) < 4.78 is 2.03. The average molecular weight is 351 g/mol. The van der Waals surface area contributed by atoms with E-state index in [1.54, 1.807) is 13.1 Å². The smallest absolute Gasteiger partial charge is 0.410 e. The Morgan fingerprint density at radius 2 is 2.08 bits per heavy atom. The van der Waals surface area contributed by atoms with Crippen molar-refractivity contribution in [2.24, 2.45) is 0 Å². The van der Waals surface area contributed by atoms with E-state index < -0.39 is 23.9 Å². The van der Waals surface area contributed by atoms with Gasteiger partial charge in [0.25, 0.3) is 0 Å². The van der Waals surface area contributed by atoms with Crippen LogP contribution >= 0.6 is 11.6 Å². The molecule has 2 aromatic heterocycles. The van der Waals surface area contributed by atoms with Crippen LogP contribution in [0.5, 0.6) is 0 Å². The molecule has 1 saturated carbocycles. The Morgan fingerprint density at radius 1 is 1.38 bits per heavy atom. The molecular formula is C16H19ClN4O3. The predicted molar refractivity (Wildman–Crippen MR) is 87.9 cm³/mol. The predicted octanol–water partition coefficient (Wildman–Crippen LogP) is 3.12. The molecule has 24 heavy (non-hydrogen) atoms. The van der Waals surface area contributed by atoms with Crippen molar-refractivity contribution in [1.82, 2.24) is 19.4 Å². The quantitative estimate of drug-likeness (QED) is 0.712. The minimum absolute atomic E-state index is 0.150. The van der Waals surface area contributed by atoms with Gasteiger partial charge >= 0.3 is 6.09 Å². The summed E-state index contributed by atoms with van der Waals surface area (Å²) in [6.45, 7) is 1.78. The number of aliphatic hydroxyl groups is 1. The van der Waals surface area contributed by atoms with Crippen LogP contribution in [0.3, 0.4) is 0 Å². The van der Waals surface area contributed by atoms with E-state index in [-0.39, 0.29) is 5.28 Å². The van der Waals surface area contributed by atoms with Crippen LogP contribution in [-0.4, -0.2) is 42.0 Å². The van der Waals surface area contributed by atoms with Crippen LogP contribution in [0.15, 0.2) is 12.3 Å². The Kier molecular flexibility index (Phi) is 3.47. The van der Waals surface area contributed by atoms with Gasteiger partial charge in [-0.25, -0.2) is 9.78 Å². The highest BCUT2D eigenvalue weighted by Gasteiger charge is 2.52. The van der Waals surface area contributed by atoms with Crippen molar-refractivity contribution in [2.45, 2.75) is 56.8 Å². The number of aliphatic hydroxyl groups excluding tert-OH is 1. The Bertz CT molecular complexity index is 815. The lowest BCUT2D eigenvalue weighted by Crippen LogP contribution is -2.61. The zero-order valence-corrected chi connectivity index (χ0v) is 14.1. The molecule has 0 bridgehead atoms. The molecule has 8 heteroatoms. The summed E-state index contributed by atoms with van der Waals surface area (Å²) in [4.78, 5) is 21.4. The second-order valence-electron chi connectivity index (χ2n) is 6.73. The van der Waals surface area contributed by atoms with Gasteiger partial charge in [0, 0.05) is 17.3 Å². The van der Waals surface area contributed by atoms with Gasteiger partial charge in [-0.05, 0) is 37.4 Å². The maximum absolute atomic E-state index is 11.8. The summed E-state index contributed by atoms with van der Waals surface area (Å²) in [5, 5.41) is 21.6. The van der Waals surface area contributed by atoms with E-state index in [0.29, 0.717) is 18.5 Å². The summed E-state index contributed by atoms with van der Waals surface area (Å²) in [5.74, 6) is 0. The summed E-state index contributed by atoms with van der Waals surface area (Å²) >= 11 is 5.99. The number of carboxylic acid groups (broad SMARTS) is 1. The molecule has 3 heterocycles. The molecule has 0 saturated heterocycles. The largest absolute Gasteiger partial charge is 0.465 e. The summed E-state index contributed by atoms with van der Waals surface area (Å²) in [5.41, 5.74) is 0.803. The number of halogens is 1. The molecule has 1 fully saturated rings. The van der Waals surface area contributed by atoms with Gasteiger partial charge in [-0.1, -0.05) is 19.3 Å². The molecule has 2 atom stereocenters. The normalized spacial score (nSPS) is 25.9. The van der Waals surface area contributed by atoms with E-state index in [9.17, 15) is 15.0 Å². The van der Waals surface area contributed by atoms with Crippen LogP contribution < -0.4 is 0 Å². The average Bonchev–Trinajstić information content (AvgIpc) is 2.93. The molecule has 2 aromatic rings. The maximum atomic E-state index is 11.8. The molecule has 7 nitrogen and oxygen atoms in total. The van der Waals surface area contributed by atoms with Gasteiger partial charge in [-0.2, -0.15) is 4.98 Å². The van der Waals surface area contributed by atoms with Crippen LogP contribution in [0.4, 0.5) is 4.79 Å². The van der Waals surface area contributed by atoms with E-state index in [2.05, 4.69) is 9.97 Å². The van der Waals surface area contributed by atoms with E-state index in [4.69, 9.17) is 11.6 Å². The molecule has 0 aromatic carbocycles. The first-order valence-electron chi connectivity index (χ1n) is 8.19. The van der Waals surface area contributed by atoms with Gasteiger partial charge in [-0.15, -0.1) is 0 Å². The van der Waals surface area contributed by atoms with E-state index in [0.717, 1.165) is 35.2 Å². The number of hydrogen-bond acceptors (Lipinski definition) is 4. The number of hydrogen-bond donors (Lipinski definition) is 2. The molecule has 0 radical (unpaired) electrons. The number of amides is 1. The summed E-state index contributed by atoms with van der Waals surface area (Å²) in [7, 11) is 0. The van der Waals surface area contributed by atoms with E-state index >= 15 is 0 Å². The second kappa shape index (κ2) is 5.32. The highest BCUT2D eigenvalue weighted by atomic mass is 35.5. The molecular weight excluding hydrogens is 332 g/mol. The Morgan fingerprint density at radius 3 is 2.75 bits per heavy atom. The Balaban J connectivity index is 2.03. The van der Waals surface area contributed by atoms with Crippen LogP contribution in [0, 0.1) is 0 Å². The van der Waals surface area contributed by atoms with Crippen LogP contribution in [0.1, 0.15) is 50.8 Å². The molecule has 2 N–H and O–H groups in total. The van der Waals surface area contributed by atoms with Crippen molar-refractivity contribution in [3.63, 3.8) is 0 Å². The van der Waals surface area contributed by atoms with Gasteiger partial charge in [-0.3, -0.25) is 4.90 Å². The molecule has 1 aliphatic carbocycles. The van der Waals surface area contributed by atoms with Gasteiger partial charge < -0.3 is 14.8 Å². The van der Waals surface area contributed by atoms with Gasteiger partial charge in [0.1, 0.15) is 5.65 Å². The minimum atomic E-state index is -1.11. The number of carbonyl (C=O) groups is 1. The number of nitrogens with zero attached hydrogens (tertiary/aromatic N) is 4. The highest BCUT2D eigenvalue weighted by Crippen LogP contribution is 2.48. The highest BCUT2D eigenvalue weighted by molar-refractivity contribution is 6.28. The summed E-state index contributed by atoms with van der Waals surface area (Å²) in [6, 6.07) is 1.44. The summed E-state index contributed by atoms with van der Waals surface area (Å²) in [6.07, 6.45) is 3.82. The zero-order chi connectivity index (χ0) is 17.1. The molecule has 128 valence electrons. The number of rotatable bonds is 0. The Labute approximate surface area is 143 Å². The van der Waals surface area contributed by atoms with Gasteiger partial charge in [0.15, 0.2) is 6.23 Å². The zero-order valence-electron chi connectivity index (χ0n) is 13.3. The number of fused-ring (bicyclic) bond motifs is 4. The standard InChI is InChI=1S/C16H19ClN4O3/c1-9-11-7-10-8-18-14(17)19-12(10)21(11)16(5-3-2-4-6-16)13(22)20(9)15(23)24/h7-9,13,22H,2-6H2,1H3,(H,23,24)/t9-,13?/m1/s1. The van der Waals surface area contributed by atoms with Crippen molar-refractivity contribution < 1.29 is 15.0 Å². The first-order valence-corrected chi connectivity index (χ1v) is 8.57. The first-order chi connectivity index (χ1) is 11.5. The van der Waals surface area contributed by atoms with E-state index in [1.807, 2.05) is 10.6 Å². The van der Waals surface area contributed by atoms with Crippen molar-refractivity contribution in [2.75, 3.05) is 0 Å². The SMILES string of the molecule is C[C@@H]1c2cc3cnc(Cl)nc3n2C2(CCCCC2)C(O)N1C(=O)O. The van der Waals surface area contributed by atoms with E-state index in [1.165, 1.54) is 0 Å². The van der Waals surface area contributed by atoms with Gasteiger partial charge in [0.2, 0.25) is 5.28 Å². The maximum Gasteiger partial charge on any atom is 0.410 e. The third-order valence-electron chi connectivity index (χ3n) is 5.51. The topological polar surface area (TPSA) is 91.5 Å². The van der Waals surface area contributed by atoms with Gasteiger partial charge in [0.05, 0.1) is 11.6 Å². The van der Waals surface area contributed by atoms with Crippen LogP contribution in [0.2, 0.25) is 5.28 Å². The second-order valence-corrected chi connectivity index (χ2v) is 7.06. The lowest BCUT2D eigenvalue weighted by Gasteiger charge is -2.52. The minimum Gasteiger partial charge on any atom is -0.465 e. The fraction of sp³-hybridized carbons (Fsp3) is 0.562. The van der Waals surface area contributed by atoms with Crippen molar-refractivity contribution in [1.29, 1.82) is 0 Å². The van der Waals surface area contributed by atoms with Crippen molar-refractivity contribution >= 4 is 28.7 Å². The van der Waals surface area contributed by atoms with Crippen molar-refractivity contribution in [3.05, 3.63) is 23.2 Å². The number of aromatic nitrogens is 3.